The highest BCUT2D eigenvalue weighted by atomic mass is 79.9. The van der Waals surface area contributed by atoms with Crippen LogP contribution < -0.4 is 5.32 Å². The molecule has 1 N–H and O–H groups in total. The molecule has 2 amide bonds. The quantitative estimate of drug-likeness (QED) is 0.765. The van der Waals surface area contributed by atoms with Crippen LogP contribution in [-0.4, -0.2) is 61.1 Å². The maximum absolute atomic E-state index is 12.7. The number of pyridine rings is 1. The second kappa shape index (κ2) is 8.26. The first kappa shape index (κ1) is 20.2. The Bertz CT molecular complexity index is 836. The summed E-state index contributed by atoms with van der Waals surface area (Å²) >= 11 is 3.34. The Morgan fingerprint density at radius 2 is 2.14 bits per heavy atom. The summed E-state index contributed by atoms with van der Waals surface area (Å²) in [5.74, 6) is -0.281. The van der Waals surface area contributed by atoms with Crippen LogP contribution in [0, 0.1) is 0 Å². The molecular formula is C18H23BrN6O3. The molecule has 9 nitrogen and oxygen atoms in total. The van der Waals surface area contributed by atoms with E-state index in [1.807, 2.05) is 20.8 Å². The molecule has 150 valence electrons. The van der Waals surface area contributed by atoms with Crippen LogP contribution in [0.2, 0.25) is 0 Å². The lowest BCUT2D eigenvalue weighted by atomic mass is 10.1. The number of nitrogens with one attached hydrogen (secondary N) is 1. The van der Waals surface area contributed by atoms with E-state index in [2.05, 4.69) is 36.5 Å². The SMILES string of the molecule is CC(C)(C)OC(=O)N1C[C@H](NC(=O)c2cc(Br)ccn2)C[C@H]1Cn1ccnn1. The smallest absolute Gasteiger partial charge is 0.410 e. The predicted octanol–water partition coefficient (Wildman–Crippen LogP) is 2.24. The largest absolute Gasteiger partial charge is 0.444 e. The number of halogens is 1. The summed E-state index contributed by atoms with van der Waals surface area (Å²) in [6.45, 7) is 6.30. The van der Waals surface area contributed by atoms with E-state index in [0.29, 0.717) is 25.2 Å². The highest BCUT2D eigenvalue weighted by Crippen LogP contribution is 2.23. The van der Waals surface area contributed by atoms with Gasteiger partial charge in [0.15, 0.2) is 0 Å². The number of rotatable bonds is 4. The van der Waals surface area contributed by atoms with Gasteiger partial charge in [-0.1, -0.05) is 21.1 Å². The summed E-state index contributed by atoms with van der Waals surface area (Å²) in [7, 11) is 0. The molecule has 0 aliphatic carbocycles. The molecule has 0 unspecified atom stereocenters. The van der Waals surface area contributed by atoms with Crippen LogP contribution in [0.4, 0.5) is 4.79 Å². The fourth-order valence-corrected chi connectivity index (χ4v) is 3.41. The monoisotopic (exact) mass is 450 g/mol. The van der Waals surface area contributed by atoms with Crippen LogP contribution in [0.1, 0.15) is 37.7 Å². The van der Waals surface area contributed by atoms with E-state index in [4.69, 9.17) is 4.74 Å². The Hall–Kier alpha value is -2.49. The van der Waals surface area contributed by atoms with Crippen molar-refractivity contribution in [3.63, 3.8) is 0 Å². The van der Waals surface area contributed by atoms with Gasteiger partial charge in [-0.3, -0.25) is 14.5 Å². The number of nitrogens with zero attached hydrogens (tertiary/aromatic N) is 5. The van der Waals surface area contributed by atoms with Gasteiger partial charge in [-0.25, -0.2) is 4.79 Å². The van der Waals surface area contributed by atoms with Gasteiger partial charge in [-0.2, -0.15) is 0 Å². The molecule has 3 rings (SSSR count). The fourth-order valence-electron chi connectivity index (χ4n) is 3.07. The van der Waals surface area contributed by atoms with Crippen LogP contribution in [-0.2, 0) is 11.3 Å². The van der Waals surface area contributed by atoms with Crippen molar-refractivity contribution in [3.8, 4) is 0 Å². The molecule has 0 saturated carbocycles. The molecular weight excluding hydrogens is 428 g/mol. The molecule has 0 bridgehead atoms. The second-order valence-electron chi connectivity index (χ2n) is 7.68. The summed E-state index contributed by atoms with van der Waals surface area (Å²) in [6.07, 6.45) is 5.07. The molecule has 0 radical (unpaired) electrons. The molecule has 2 atom stereocenters. The number of hydrogen-bond donors (Lipinski definition) is 1. The van der Waals surface area contributed by atoms with E-state index in [1.54, 1.807) is 40.3 Å². The Kier molecular flexibility index (Phi) is 5.97. The van der Waals surface area contributed by atoms with Gasteiger partial charge in [0.2, 0.25) is 0 Å². The molecule has 1 aliphatic heterocycles. The van der Waals surface area contributed by atoms with Gasteiger partial charge < -0.3 is 15.0 Å². The van der Waals surface area contributed by atoms with Crippen molar-refractivity contribution in [2.45, 2.75) is 51.4 Å². The van der Waals surface area contributed by atoms with Crippen molar-refractivity contribution >= 4 is 27.9 Å². The number of carbonyl (C=O) groups excluding carboxylic acids is 2. The second-order valence-corrected chi connectivity index (χ2v) is 8.59. The third-order valence-electron chi connectivity index (χ3n) is 4.20. The zero-order valence-corrected chi connectivity index (χ0v) is 17.6. The fraction of sp³-hybridized carbons (Fsp3) is 0.500. The van der Waals surface area contributed by atoms with Crippen molar-refractivity contribution in [2.75, 3.05) is 6.54 Å². The summed E-state index contributed by atoms with van der Waals surface area (Å²) in [4.78, 5) is 30.9. The minimum absolute atomic E-state index is 0.169. The molecule has 28 heavy (non-hydrogen) atoms. The van der Waals surface area contributed by atoms with Crippen molar-refractivity contribution < 1.29 is 14.3 Å². The molecule has 1 fully saturated rings. The van der Waals surface area contributed by atoms with E-state index in [9.17, 15) is 9.59 Å². The van der Waals surface area contributed by atoms with Crippen molar-refractivity contribution in [3.05, 3.63) is 40.9 Å². The van der Waals surface area contributed by atoms with Gasteiger partial charge in [0.25, 0.3) is 5.91 Å². The lowest BCUT2D eigenvalue weighted by Crippen LogP contribution is -2.43. The van der Waals surface area contributed by atoms with Gasteiger partial charge in [-0.05, 0) is 39.3 Å². The third-order valence-corrected chi connectivity index (χ3v) is 4.70. The summed E-state index contributed by atoms with van der Waals surface area (Å²) in [6, 6.07) is 3.03. The molecule has 0 spiro atoms. The first-order valence-corrected chi connectivity index (χ1v) is 9.77. The zero-order chi connectivity index (χ0) is 20.3. The first-order valence-electron chi connectivity index (χ1n) is 8.97. The van der Waals surface area contributed by atoms with Gasteiger partial charge in [0.1, 0.15) is 11.3 Å². The van der Waals surface area contributed by atoms with Crippen LogP contribution in [0.5, 0.6) is 0 Å². The Morgan fingerprint density at radius 3 is 2.79 bits per heavy atom. The standard InChI is InChI=1S/C18H23BrN6O3/c1-18(2,3)28-17(27)25-10-13(9-14(25)11-24-7-6-21-23-24)22-16(26)15-8-12(19)4-5-20-15/h4-8,13-14H,9-11H2,1-3H3,(H,22,26)/t13-,14+/m1/s1. The van der Waals surface area contributed by atoms with Crippen LogP contribution in [0.15, 0.2) is 35.2 Å². The molecule has 1 saturated heterocycles. The van der Waals surface area contributed by atoms with Crippen molar-refractivity contribution in [1.29, 1.82) is 0 Å². The lowest BCUT2D eigenvalue weighted by Gasteiger charge is -2.28. The number of hydrogen-bond acceptors (Lipinski definition) is 6. The average molecular weight is 451 g/mol. The molecule has 10 heteroatoms. The summed E-state index contributed by atoms with van der Waals surface area (Å²) in [5, 5.41) is 10.7. The molecule has 1 aliphatic rings. The number of ether oxygens (including phenoxy) is 1. The van der Waals surface area contributed by atoms with E-state index in [1.165, 1.54) is 0 Å². The number of amides is 2. The summed E-state index contributed by atoms with van der Waals surface area (Å²) in [5.41, 5.74) is -0.283. The topological polar surface area (TPSA) is 102 Å². The minimum atomic E-state index is -0.601. The third kappa shape index (κ3) is 5.28. The van der Waals surface area contributed by atoms with E-state index >= 15 is 0 Å². The van der Waals surface area contributed by atoms with Crippen molar-refractivity contribution in [2.24, 2.45) is 0 Å². The predicted molar refractivity (Wildman–Crippen MR) is 105 cm³/mol. The van der Waals surface area contributed by atoms with Gasteiger partial charge in [0.05, 0.1) is 18.8 Å². The maximum Gasteiger partial charge on any atom is 0.410 e. The molecule has 3 heterocycles. The molecule has 2 aromatic heterocycles. The number of likely N-dealkylation sites (tertiary alicyclic amines) is 1. The Balaban J connectivity index is 1.71. The number of carbonyl (C=O) groups is 2. The Labute approximate surface area is 171 Å². The van der Waals surface area contributed by atoms with Crippen LogP contribution >= 0.6 is 15.9 Å². The van der Waals surface area contributed by atoms with Crippen molar-refractivity contribution in [1.82, 2.24) is 30.2 Å². The highest BCUT2D eigenvalue weighted by molar-refractivity contribution is 9.10. The van der Waals surface area contributed by atoms with E-state index in [0.717, 1.165) is 4.47 Å². The average Bonchev–Trinajstić information content (AvgIpc) is 3.23. The summed E-state index contributed by atoms with van der Waals surface area (Å²) < 4.78 is 7.98. The Morgan fingerprint density at radius 1 is 1.36 bits per heavy atom. The zero-order valence-electron chi connectivity index (χ0n) is 16.0. The normalized spacial score (nSPS) is 19.5. The minimum Gasteiger partial charge on any atom is -0.444 e. The van der Waals surface area contributed by atoms with Crippen LogP contribution in [0.3, 0.4) is 0 Å². The van der Waals surface area contributed by atoms with Gasteiger partial charge in [-0.15, -0.1) is 5.10 Å². The maximum atomic E-state index is 12.7. The van der Waals surface area contributed by atoms with E-state index < -0.39 is 11.7 Å². The molecule has 0 aromatic carbocycles. The first-order chi connectivity index (χ1) is 13.2. The highest BCUT2D eigenvalue weighted by Gasteiger charge is 2.38. The van der Waals surface area contributed by atoms with E-state index in [-0.39, 0.29) is 18.0 Å². The number of aromatic nitrogens is 4. The van der Waals surface area contributed by atoms with Crippen LogP contribution in [0.25, 0.3) is 0 Å². The lowest BCUT2D eigenvalue weighted by molar-refractivity contribution is 0.0208. The van der Waals surface area contributed by atoms with Gasteiger partial charge >= 0.3 is 6.09 Å². The van der Waals surface area contributed by atoms with Gasteiger partial charge in [0, 0.05) is 29.5 Å². The molecule has 2 aromatic rings.